The van der Waals surface area contributed by atoms with Gasteiger partial charge in [0.25, 0.3) is 0 Å². The molecule has 0 radical (unpaired) electrons. The molecule has 11 aromatic rings. The molecule has 0 N–H and O–H groups in total. The normalized spacial score (nSPS) is 11.2. The van der Waals surface area contributed by atoms with Crippen molar-refractivity contribution in [2.24, 2.45) is 0 Å². The van der Waals surface area contributed by atoms with Crippen LogP contribution in [0.5, 0.6) is 0 Å². The maximum Gasteiger partial charge on any atom is 0.0547 e. The van der Waals surface area contributed by atoms with E-state index in [1.165, 1.54) is 66.3 Å². The third kappa shape index (κ3) is 6.74. The van der Waals surface area contributed by atoms with Gasteiger partial charge in [-0.25, -0.2) is 0 Å². The van der Waals surface area contributed by atoms with Crippen molar-refractivity contribution in [1.82, 2.24) is 4.57 Å². The summed E-state index contributed by atoms with van der Waals surface area (Å²) in [6, 6.07) is 92.0. The van der Waals surface area contributed by atoms with Gasteiger partial charge in [-0.15, -0.1) is 0 Å². The average Bonchev–Trinajstić information content (AvgIpc) is 3.70. The number of aromatic nitrogens is 1. The molecule has 0 fully saturated rings. The maximum atomic E-state index is 2.48. The first kappa shape index (κ1) is 36.8. The minimum atomic E-state index is 1.08. The molecule has 0 unspecified atom stereocenters. The van der Waals surface area contributed by atoms with E-state index in [1.54, 1.807) is 0 Å². The fourth-order valence-electron chi connectivity index (χ4n) is 9.12. The van der Waals surface area contributed by atoms with Gasteiger partial charge in [-0.2, -0.15) is 0 Å². The molecule has 0 aliphatic carbocycles. The smallest absolute Gasteiger partial charge is 0.0547 e. The number of para-hydroxylation sites is 1. The predicted molar refractivity (Wildman–Crippen MR) is 263 cm³/mol. The quantitative estimate of drug-likeness (QED) is 0.141. The second-order valence-electron chi connectivity index (χ2n) is 15.7. The van der Waals surface area contributed by atoms with Crippen LogP contribution in [-0.2, 0) is 0 Å². The molecular formula is C60H42N2. The van der Waals surface area contributed by atoms with Gasteiger partial charge in [-0.1, -0.05) is 200 Å². The van der Waals surface area contributed by atoms with E-state index < -0.39 is 0 Å². The molecule has 1 heterocycles. The van der Waals surface area contributed by atoms with Gasteiger partial charge in [0, 0.05) is 33.4 Å². The molecule has 1 aromatic heterocycles. The first-order valence-electron chi connectivity index (χ1n) is 21.3. The van der Waals surface area contributed by atoms with Crippen LogP contribution in [0.2, 0.25) is 0 Å². The molecule has 0 saturated heterocycles. The van der Waals surface area contributed by atoms with Gasteiger partial charge in [0.05, 0.1) is 16.7 Å². The SMILES string of the molecule is c1ccc(-c2ccc(N(c3ccc(-c4ccccc4)cc3)c3cccc(-c4ccccc4-n4c5cccc(-c6ccccc6)c5c5c(-c6ccccc6)cccc54)c3)cc2)cc1. The summed E-state index contributed by atoms with van der Waals surface area (Å²) in [7, 11) is 0. The molecule has 292 valence electrons. The van der Waals surface area contributed by atoms with Crippen LogP contribution in [0.4, 0.5) is 17.1 Å². The molecule has 62 heavy (non-hydrogen) atoms. The van der Waals surface area contributed by atoms with E-state index in [4.69, 9.17) is 0 Å². The zero-order valence-corrected chi connectivity index (χ0v) is 34.1. The molecule has 0 aliphatic rings. The van der Waals surface area contributed by atoms with Crippen LogP contribution < -0.4 is 4.90 Å². The van der Waals surface area contributed by atoms with Crippen LogP contribution in [0.3, 0.4) is 0 Å². The van der Waals surface area contributed by atoms with Gasteiger partial charge in [0.1, 0.15) is 0 Å². The monoisotopic (exact) mass is 790 g/mol. The van der Waals surface area contributed by atoms with E-state index in [9.17, 15) is 0 Å². The van der Waals surface area contributed by atoms with Gasteiger partial charge in [0.2, 0.25) is 0 Å². The van der Waals surface area contributed by atoms with Crippen molar-refractivity contribution in [2.45, 2.75) is 0 Å². The summed E-state index contributed by atoms with van der Waals surface area (Å²) < 4.78 is 2.48. The molecule has 10 aromatic carbocycles. The Morgan fingerprint density at radius 1 is 0.242 bits per heavy atom. The molecule has 0 amide bonds. The number of fused-ring (bicyclic) bond motifs is 3. The van der Waals surface area contributed by atoms with Crippen molar-refractivity contribution < 1.29 is 0 Å². The van der Waals surface area contributed by atoms with Crippen LogP contribution >= 0.6 is 0 Å². The number of rotatable bonds is 9. The van der Waals surface area contributed by atoms with Crippen molar-refractivity contribution in [3.8, 4) is 61.3 Å². The lowest BCUT2D eigenvalue weighted by atomic mass is 9.95. The highest BCUT2D eigenvalue weighted by molar-refractivity contribution is 6.21. The Labute approximate surface area is 362 Å². The second kappa shape index (κ2) is 16.1. The summed E-state index contributed by atoms with van der Waals surface area (Å²) in [5.41, 5.74) is 18.7. The molecule has 0 spiro atoms. The van der Waals surface area contributed by atoms with Crippen LogP contribution in [0.1, 0.15) is 0 Å². The number of nitrogens with zero attached hydrogens (tertiary/aromatic N) is 2. The first-order chi connectivity index (χ1) is 30.8. The van der Waals surface area contributed by atoms with Crippen LogP contribution in [0.15, 0.2) is 255 Å². The van der Waals surface area contributed by atoms with Crippen molar-refractivity contribution in [3.05, 3.63) is 255 Å². The maximum absolute atomic E-state index is 2.48. The Hall–Kier alpha value is -8.20. The zero-order chi connectivity index (χ0) is 41.2. The van der Waals surface area contributed by atoms with Gasteiger partial charge in [-0.05, 0) is 105 Å². The van der Waals surface area contributed by atoms with E-state index in [0.29, 0.717) is 0 Å². The topological polar surface area (TPSA) is 8.17 Å². The molecule has 0 aliphatic heterocycles. The van der Waals surface area contributed by atoms with Gasteiger partial charge in [0.15, 0.2) is 0 Å². The molecule has 2 heteroatoms. The zero-order valence-electron chi connectivity index (χ0n) is 34.1. The van der Waals surface area contributed by atoms with Crippen molar-refractivity contribution >= 4 is 38.9 Å². The van der Waals surface area contributed by atoms with E-state index >= 15 is 0 Å². The highest BCUT2D eigenvalue weighted by Crippen LogP contribution is 2.45. The minimum Gasteiger partial charge on any atom is -0.310 e. The number of anilines is 3. The molecule has 0 saturated carbocycles. The summed E-state index contributed by atoms with van der Waals surface area (Å²) in [6.45, 7) is 0. The third-order valence-corrected chi connectivity index (χ3v) is 12.0. The van der Waals surface area contributed by atoms with Gasteiger partial charge in [-0.3, -0.25) is 0 Å². The second-order valence-corrected chi connectivity index (χ2v) is 15.7. The lowest BCUT2D eigenvalue weighted by molar-refractivity contribution is 1.18. The number of benzene rings is 10. The lowest BCUT2D eigenvalue weighted by Gasteiger charge is -2.27. The molecular weight excluding hydrogens is 749 g/mol. The summed E-state index contributed by atoms with van der Waals surface area (Å²) in [5, 5.41) is 2.50. The fourth-order valence-corrected chi connectivity index (χ4v) is 9.12. The van der Waals surface area contributed by atoms with Crippen molar-refractivity contribution in [1.29, 1.82) is 0 Å². The largest absolute Gasteiger partial charge is 0.310 e. The Balaban J connectivity index is 1.09. The third-order valence-electron chi connectivity index (χ3n) is 12.0. The van der Waals surface area contributed by atoms with Crippen LogP contribution in [-0.4, -0.2) is 4.57 Å². The molecule has 11 rings (SSSR count). The molecule has 0 bridgehead atoms. The average molecular weight is 791 g/mol. The Morgan fingerprint density at radius 3 is 1.10 bits per heavy atom. The highest BCUT2D eigenvalue weighted by atomic mass is 15.1. The van der Waals surface area contributed by atoms with E-state index in [2.05, 4.69) is 264 Å². The molecule has 2 nitrogen and oxygen atoms in total. The Bertz CT molecular complexity index is 3120. The summed E-state index contributed by atoms with van der Waals surface area (Å²) in [4.78, 5) is 2.37. The summed E-state index contributed by atoms with van der Waals surface area (Å²) in [5.74, 6) is 0. The van der Waals surface area contributed by atoms with Gasteiger partial charge < -0.3 is 9.47 Å². The lowest BCUT2D eigenvalue weighted by Crippen LogP contribution is -2.10. The van der Waals surface area contributed by atoms with Gasteiger partial charge >= 0.3 is 0 Å². The Morgan fingerprint density at radius 2 is 0.613 bits per heavy atom. The standard InChI is InChI=1S/C60H42N2/c1-5-18-43(19-6-1)45-34-38-50(39-35-45)61(51-40-36-46(37-41-51)44-20-7-2-8-21-44)52-27-15-26-49(42-52)53-28-13-14-31-56(53)62-57-32-16-29-54(47-22-9-3-10-23-47)59(57)60-55(30-17-33-58(60)62)48-24-11-4-12-25-48/h1-42H. The summed E-state index contributed by atoms with van der Waals surface area (Å²) >= 11 is 0. The van der Waals surface area contributed by atoms with Crippen LogP contribution in [0.25, 0.3) is 83.1 Å². The minimum absolute atomic E-state index is 1.08. The summed E-state index contributed by atoms with van der Waals surface area (Å²) in [6.07, 6.45) is 0. The first-order valence-corrected chi connectivity index (χ1v) is 21.3. The number of hydrogen-bond acceptors (Lipinski definition) is 1. The van der Waals surface area contributed by atoms with Crippen molar-refractivity contribution in [2.75, 3.05) is 4.90 Å². The highest BCUT2D eigenvalue weighted by Gasteiger charge is 2.22. The Kier molecular flexibility index (Phi) is 9.57. The fraction of sp³-hybridized carbons (Fsp3) is 0. The predicted octanol–water partition coefficient (Wildman–Crippen LogP) is 16.6. The van der Waals surface area contributed by atoms with E-state index in [1.807, 2.05) is 0 Å². The van der Waals surface area contributed by atoms with E-state index in [-0.39, 0.29) is 0 Å². The van der Waals surface area contributed by atoms with E-state index in [0.717, 1.165) is 33.9 Å². The van der Waals surface area contributed by atoms with Crippen molar-refractivity contribution in [3.63, 3.8) is 0 Å². The molecule has 0 atom stereocenters. The van der Waals surface area contributed by atoms with Crippen LogP contribution in [0, 0.1) is 0 Å². The number of hydrogen-bond donors (Lipinski definition) is 0.